The third kappa shape index (κ3) is 1.62. The van der Waals surface area contributed by atoms with Gasteiger partial charge in [0, 0.05) is 0 Å². The van der Waals surface area contributed by atoms with Gasteiger partial charge in [-0.25, -0.2) is 4.79 Å². The molecule has 7 heteroatoms. The van der Waals surface area contributed by atoms with Crippen LogP contribution in [0, 0.1) is 10.1 Å². The van der Waals surface area contributed by atoms with Gasteiger partial charge in [-0.05, 0) is 18.2 Å². The summed E-state index contributed by atoms with van der Waals surface area (Å²) in [6.45, 7) is 0. The first-order valence-electron chi connectivity index (χ1n) is 3.59. The number of fused-ring (bicyclic) bond motifs is 1. The normalized spacial score (nSPS) is 13.0. The first kappa shape index (κ1) is 8.82. The van der Waals surface area contributed by atoms with Crippen LogP contribution >= 0.6 is 11.9 Å². The van der Waals surface area contributed by atoms with Crippen molar-refractivity contribution >= 4 is 18.0 Å². The molecular formula is C7H3N3O3S. The minimum atomic E-state index is -0.566. The monoisotopic (exact) mass is 209 g/mol. The Morgan fingerprint density at radius 3 is 2.71 bits per heavy atom. The van der Waals surface area contributed by atoms with Gasteiger partial charge < -0.3 is 0 Å². The van der Waals surface area contributed by atoms with Gasteiger partial charge in [0.1, 0.15) is 4.33 Å². The van der Waals surface area contributed by atoms with Crippen molar-refractivity contribution in [2.45, 2.75) is 4.90 Å². The van der Waals surface area contributed by atoms with Crippen molar-refractivity contribution in [2.24, 2.45) is 9.98 Å². The average Bonchev–Trinajstić information content (AvgIpc) is 2.42. The predicted molar refractivity (Wildman–Crippen MR) is 47.0 cm³/mol. The fraction of sp³-hybridized carbons (Fsp3) is 0. The molecule has 0 aromatic heterocycles. The van der Waals surface area contributed by atoms with Crippen molar-refractivity contribution in [3.8, 4) is 0 Å². The molecule has 0 radical (unpaired) electrons. The molecule has 1 aromatic carbocycles. The number of carbonyl (C=O) groups is 1. The summed E-state index contributed by atoms with van der Waals surface area (Å²) in [4.78, 5) is 28.5. The van der Waals surface area contributed by atoms with Gasteiger partial charge in [0.15, 0.2) is 0 Å². The van der Waals surface area contributed by atoms with Gasteiger partial charge in [-0.15, -0.1) is 0 Å². The van der Waals surface area contributed by atoms with Crippen LogP contribution in [0.4, 0.5) is 4.79 Å². The fourth-order valence-corrected chi connectivity index (χ4v) is 1.53. The van der Waals surface area contributed by atoms with Gasteiger partial charge in [0.2, 0.25) is 0 Å². The number of amides is 2. The summed E-state index contributed by atoms with van der Waals surface area (Å²) in [5, 5.41) is 11.0. The maximum atomic E-state index is 10.8. The summed E-state index contributed by atoms with van der Waals surface area (Å²) < 4.78 is -0.518. The van der Waals surface area contributed by atoms with E-state index in [4.69, 9.17) is 0 Å². The maximum absolute atomic E-state index is 10.8. The molecule has 2 amide bonds. The molecular weight excluding hydrogens is 206 g/mol. The molecule has 0 aliphatic carbocycles. The lowest BCUT2D eigenvalue weighted by molar-refractivity contribution is -0.284. The van der Waals surface area contributed by atoms with E-state index in [9.17, 15) is 14.9 Å². The van der Waals surface area contributed by atoms with Gasteiger partial charge in [0.25, 0.3) is 11.9 Å². The van der Waals surface area contributed by atoms with E-state index < -0.39 is 10.4 Å². The van der Waals surface area contributed by atoms with E-state index in [0.29, 0.717) is 27.6 Å². The molecule has 14 heavy (non-hydrogen) atoms. The summed E-state index contributed by atoms with van der Waals surface area (Å²) in [6.07, 6.45) is 0. The summed E-state index contributed by atoms with van der Waals surface area (Å²) in [7, 11) is 0. The molecule has 6 nitrogen and oxygen atoms in total. The third-order valence-electron chi connectivity index (χ3n) is 1.56. The first-order chi connectivity index (χ1) is 6.65. The molecule has 0 fully saturated rings. The molecule has 0 atom stereocenters. The predicted octanol–water partition coefficient (Wildman–Crippen LogP) is 0.343. The highest BCUT2D eigenvalue weighted by Crippen LogP contribution is 2.14. The fourth-order valence-electron chi connectivity index (χ4n) is 1.06. The third-order valence-corrected chi connectivity index (χ3v) is 2.17. The van der Waals surface area contributed by atoms with Crippen LogP contribution in [0.5, 0.6) is 0 Å². The van der Waals surface area contributed by atoms with Crippen LogP contribution in [0.25, 0.3) is 0 Å². The molecule has 0 spiro atoms. The minimum Gasteiger partial charge on any atom is -0.250 e. The molecule has 1 aromatic rings. The van der Waals surface area contributed by atoms with Crippen molar-refractivity contribution in [3.63, 3.8) is 0 Å². The van der Waals surface area contributed by atoms with E-state index in [1.165, 1.54) is 18.2 Å². The van der Waals surface area contributed by atoms with Crippen LogP contribution < -0.4 is 10.7 Å². The van der Waals surface area contributed by atoms with Crippen molar-refractivity contribution in [3.05, 3.63) is 39.0 Å². The zero-order valence-corrected chi connectivity index (χ0v) is 7.52. The number of nitro groups is 1. The molecule has 0 saturated heterocycles. The molecule has 2 rings (SSSR count). The largest absolute Gasteiger partial charge is 0.368 e. The summed E-state index contributed by atoms with van der Waals surface area (Å²) in [6, 6.07) is 3.97. The Labute approximate surface area is 81.7 Å². The molecule has 1 heterocycles. The topological polar surface area (TPSA) is 84.9 Å². The van der Waals surface area contributed by atoms with Crippen molar-refractivity contribution in [1.29, 1.82) is 0 Å². The van der Waals surface area contributed by atoms with Crippen LogP contribution in [0.1, 0.15) is 0 Å². The standard InChI is InChI=1S/C7H3N3O3S/c11-7-8-5-2-1-4(14-10(12)13)3-6(5)9-7/h1-3H. The Hall–Kier alpha value is -1.76. The maximum Gasteiger partial charge on any atom is 0.368 e. The highest BCUT2D eigenvalue weighted by atomic mass is 32.2. The number of hydrogen-bond acceptors (Lipinski definition) is 4. The Bertz CT molecular complexity index is 540. The van der Waals surface area contributed by atoms with Gasteiger partial charge in [-0.2, -0.15) is 9.98 Å². The van der Waals surface area contributed by atoms with Crippen molar-refractivity contribution in [1.82, 2.24) is 0 Å². The van der Waals surface area contributed by atoms with Gasteiger partial charge in [0.05, 0.1) is 15.6 Å². The molecule has 0 bridgehead atoms. The second kappa shape index (κ2) is 3.18. The van der Waals surface area contributed by atoms with E-state index in [-0.39, 0.29) is 0 Å². The Balaban J connectivity index is 2.49. The Morgan fingerprint density at radius 2 is 2.00 bits per heavy atom. The SMILES string of the molecule is O=C1N=c2ccc(S[N+](=O)[O-])cc2=N1. The van der Waals surface area contributed by atoms with Crippen molar-refractivity contribution in [2.75, 3.05) is 0 Å². The Morgan fingerprint density at radius 1 is 1.29 bits per heavy atom. The highest BCUT2D eigenvalue weighted by Gasteiger charge is 2.09. The van der Waals surface area contributed by atoms with Crippen LogP contribution in [-0.2, 0) is 0 Å². The number of benzene rings is 1. The van der Waals surface area contributed by atoms with Crippen LogP contribution in [0.15, 0.2) is 33.1 Å². The highest BCUT2D eigenvalue weighted by molar-refractivity contribution is 7.93. The summed E-state index contributed by atoms with van der Waals surface area (Å²) in [5.74, 6) is 0. The lowest BCUT2D eigenvalue weighted by Crippen LogP contribution is -2.20. The van der Waals surface area contributed by atoms with Crippen molar-refractivity contribution < 1.29 is 9.12 Å². The number of rotatable bonds is 2. The lowest BCUT2D eigenvalue weighted by atomic mass is 10.3. The summed E-state index contributed by atoms with van der Waals surface area (Å²) >= 11 is 0.475. The van der Waals surface area contributed by atoms with Gasteiger partial charge in [-0.1, -0.05) is 0 Å². The molecule has 0 saturated carbocycles. The molecule has 0 unspecified atom stereocenters. The number of carbonyl (C=O) groups excluding carboxylic acids is 1. The Kier molecular flexibility index (Phi) is 2.01. The van der Waals surface area contributed by atoms with Crippen LogP contribution in [0.2, 0.25) is 0 Å². The number of hydrogen-bond donors (Lipinski definition) is 0. The second-order valence-corrected chi connectivity index (χ2v) is 3.42. The molecule has 70 valence electrons. The quantitative estimate of drug-likeness (QED) is 0.399. The smallest absolute Gasteiger partial charge is 0.250 e. The lowest BCUT2D eigenvalue weighted by Gasteiger charge is -1.88. The van der Waals surface area contributed by atoms with E-state index in [1.54, 1.807) is 0 Å². The molecule has 1 aliphatic rings. The number of urea groups is 1. The number of nitrogens with zero attached hydrogens (tertiary/aromatic N) is 3. The minimum absolute atomic E-state index is 0.391. The molecule has 1 aliphatic heterocycles. The second-order valence-electron chi connectivity index (χ2n) is 2.47. The van der Waals surface area contributed by atoms with Gasteiger partial charge in [-0.3, -0.25) is 10.1 Å². The van der Waals surface area contributed by atoms with Gasteiger partial charge >= 0.3 is 6.03 Å². The van der Waals surface area contributed by atoms with E-state index in [0.717, 1.165) is 0 Å². The van der Waals surface area contributed by atoms with E-state index >= 15 is 0 Å². The molecule has 0 N–H and O–H groups in total. The summed E-state index contributed by atoms with van der Waals surface area (Å²) in [5.41, 5.74) is 0. The van der Waals surface area contributed by atoms with Crippen LogP contribution in [-0.4, -0.2) is 10.4 Å². The average molecular weight is 209 g/mol. The first-order valence-corrected chi connectivity index (χ1v) is 4.36. The van der Waals surface area contributed by atoms with E-state index in [2.05, 4.69) is 9.98 Å². The zero-order chi connectivity index (χ0) is 10.1. The zero-order valence-electron chi connectivity index (χ0n) is 6.71. The van der Waals surface area contributed by atoms with E-state index in [1.807, 2.05) is 0 Å². The van der Waals surface area contributed by atoms with Crippen LogP contribution in [0.3, 0.4) is 0 Å².